The van der Waals surface area contributed by atoms with E-state index in [-0.39, 0.29) is 42.3 Å². The Morgan fingerprint density at radius 2 is 1.19 bits per heavy atom. The average molecular weight is 1080 g/mol. The Labute approximate surface area is 456 Å². The lowest BCUT2D eigenvalue weighted by molar-refractivity contribution is -0.154. The first-order chi connectivity index (χ1) is 37.8. The molecular formula is C56H68F2N16O5. The number of carbonyl (C=O) groups is 2. The fraction of sp³-hybridized carbons (Fsp3) is 0.429. The molecule has 8 aromatic heterocycles. The lowest BCUT2D eigenvalue weighted by atomic mass is 9.70. The highest BCUT2D eigenvalue weighted by Gasteiger charge is 2.44. The van der Waals surface area contributed by atoms with Gasteiger partial charge >= 0.3 is 5.97 Å². The van der Waals surface area contributed by atoms with Gasteiger partial charge < -0.3 is 26.0 Å². The number of aryl methyl sites for hydroxylation is 4. The fourth-order valence-corrected chi connectivity index (χ4v) is 10.0. The summed E-state index contributed by atoms with van der Waals surface area (Å²) in [4.78, 5) is 52.1. The van der Waals surface area contributed by atoms with E-state index in [4.69, 9.17) is 20.4 Å². The maximum Gasteiger partial charge on any atom is 0.311 e. The third-order valence-corrected chi connectivity index (χ3v) is 14.7. The number of pyridine rings is 2. The number of amides is 1. The number of carboxylic acids is 1. The monoisotopic (exact) mass is 1080 g/mol. The van der Waals surface area contributed by atoms with Crippen LogP contribution in [-0.2, 0) is 27.2 Å². The van der Waals surface area contributed by atoms with Crippen molar-refractivity contribution in [2.45, 2.75) is 135 Å². The van der Waals surface area contributed by atoms with Crippen LogP contribution in [0.5, 0.6) is 0 Å². The van der Waals surface area contributed by atoms with Crippen LogP contribution in [0.4, 0.5) is 8.78 Å². The van der Waals surface area contributed by atoms with E-state index < -0.39 is 22.8 Å². The topological polar surface area (TPSA) is 292 Å². The molecule has 23 heteroatoms. The van der Waals surface area contributed by atoms with Gasteiger partial charge in [-0.1, -0.05) is 12.1 Å². The second-order valence-corrected chi connectivity index (χ2v) is 20.7. The molecule has 2 saturated carbocycles. The van der Waals surface area contributed by atoms with Gasteiger partial charge in [0.2, 0.25) is 0 Å². The molecule has 0 aliphatic heterocycles. The predicted molar refractivity (Wildman–Crippen MR) is 287 cm³/mol. The minimum Gasteiger partial charge on any atom is -0.481 e. The van der Waals surface area contributed by atoms with E-state index in [9.17, 15) is 28.6 Å². The smallest absolute Gasteiger partial charge is 0.311 e. The predicted octanol–water partition coefficient (Wildman–Crippen LogP) is 7.60. The lowest BCUT2D eigenvalue weighted by Crippen LogP contribution is -2.50. The SMILES string of the molecule is COC1(C(=O)N[C@@H](C)c2ccc(-n3cc(F)cn3)nc2)CCC(c2cc(C)nc(Cc3cc(C)[nH]n3)n2)CC1.C[C@H](N)c1ccc(-n2cc(F)cn2)nc1.Cc1cc(C2CCC(CO)(C(=O)O)CC2)nc(Cc2cc(C)[nH]n2)n1. The average Bonchev–Trinajstić information content (AvgIpc) is 4.32. The molecule has 2 aliphatic rings. The molecule has 0 saturated heterocycles. The van der Waals surface area contributed by atoms with E-state index in [1.807, 2.05) is 77.9 Å². The summed E-state index contributed by atoms with van der Waals surface area (Å²) in [6.07, 6.45) is 14.4. The Balaban J connectivity index is 0.000000174. The van der Waals surface area contributed by atoms with Crippen LogP contribution in [0.25, 0.3) is 11.6 Å². The molecule has 7 N–H and O–H groups in total. The number of carbonyl (C=O) groups excluding carboxylic acids is 1. The molecule has 416 valence electrons. The molecule has 8 heterocycles. The van der Waals surface area contributed by atoms with E-state index >= 15 is 0 Å². The molecule has 0 radical (unpaired) electrons. The first kappa shape index (κ1) is 57.2. The number of hydrogen-bond donors (Lipinski definition) is 6. The molecule has 0 bridgehead atoms. The van der Waals surface area contributed by atoms with E-state index in [0.717, 1.165) is 93.6 Å². The second kappa shape index (κ2) is 25.2. The van der Waals surface area contributed by atoms with Crippen LogP contribution in [0.2, 0.25) is 0 Å². The Bertz CT molecular complexity index is 3300. The Morgan fingerprint density at radius 3 is 1.56 bits per heavy atom. The van der Waals surface area contributed by atoms with Gasteiger partial charge in [0.05, 0.1) is 67.1 Å². The number of nitrogens with zero attached hydrogens (tertiary/aromatic N) is 12. The van der Waals surface area contributed by atoms with Crippen LogP contribution in [0, 0.1) is 44.7 Å². The summed E-state index contributed by atoms with van der Waals surface area (Å²) in [6, 6.07) is 14.9. The van der Waals surface area contributed by atoms with Crippen LogP contribution in [0.15, 0.2) is 85.7 Å². The Hall–Kier alpha value is -8.02. The first-order valence-electron chi connectivity index (χ1n) is 26.3. The number of aromatic nitrogens is 14. The van der Waals surface area contributed by atoms with E-state index in [1.54, 1.807) is 31.6 Å². The zero-order valence-corrected chi connectivity index (χ0v) is 45.5. The standard InChI is InChI=1S/C28H33FN8O2.C18H24N4O3.C10H11FN4/c1-17-12-24(34-25(32-17)13-23-11-18(2)35-36-23)20-7-9-28(39-4,10-8-20)27(38)33-19(3)21-5-6-26(30-14-21)37-16-22(29)15-31-37;1-11-8-15(13-3-5-18(10-23,6-4-13)17(24)25)20-16(19-11)9-14-7-12(2)21-22-14;1-7(12)8-2-3-10(13-4-8)15-6-9(11)5-14-15/h5-6,11-12,14-16,19-20H,7-10,13H2,1-4H3,(H,33,38)(H,35,36);7-8,13,23H,3-6,9-10H2,1-2H3,(H,21,22)(H,24,25);2-7H,12H2,1H3/t19-,20?,28?;;7-/m0.0/s1. The van der Waals surface area contributed by atoms with Crippen LogP contribution < -0.4 is 11.1 Å². The van der Waals surface area contributed by atoms with E-state index in [0.29, 0.717) is 63.0 Å². The number of methoxy groups -OCH3 is 1. The second-order valence-electron chi connectivity index (χ2n) is 20.7. The summed E-state index contributed by atoms with van der Waals surface area (Å²) >= 11 is 0. The van der Waals surface area contributed by atoms with Crippen LogP contribution >= 0.6 is 0 Å². The van der Waals surface area contributed by atoms with Gasteiger partial charge in [0, 0.05) is 71.5 Å². The minimum absolute atomic E-state index is 0.0547. The molecule has 10 rings (SSSR count). The molecule has 2 atom stereocenters. The Kier molecular flexibility index (Phi) is 18.2. The number of aromatic amines is 2. The van der Waals surface area contributed by atoms with Gasteiger partial charge in [0.15, 0.2) is 23.3 Å². The molecule has 79 heavy (non-hydrogen) atoms. The molecule has 0 aromatic carbocycles. The molecule has 21 nitrogen and oxygen atoms in total. The van der Waals surface area contributed by atoms with Gasteiger partial charge in [0.1, 0.15) is 17.2 Å². The first-order valence-corrected chi connectivity index (χ1v) is 26.3. The molecule has 2 aliphatic carbocycles. The summed E-state index contributed by atoms with van der Waals surface area (Å²) in [7, 11) is 1.60. The maximum atomic E-state index is 13.4. The molecular weight excluding hydrogens is 1010 g/mol. The number of aliphatic carboxylic acids is 1. The van der Waals surface area contributed by atoms with Crippen molar-refractivity contribution in [3.63, 3.8) is 0 Å². The molecule has 1 amide bonds. The minimum atomic E-state index is -0.992. The summed E-state index contributed by atoms with van der Waals surface area (Å²) in [5.41, 5.74) is 13.2. The van der Waals surface area contributed by atoms with Crippen molar-refractivity contribution >= 4 is 11.9 Å². The number of carboxylic acid groups (broad SMARTS) is 1. The molecule has 8 aromatic rings. The highest BCUT2D eigenvalue weighted by Crippen LogP contribution is 2.43. The van der Waals surface area contributed by atoms with Gasteiger partial charge in [-0.15, -0.1) is 0 Å². The van der Waals surface area contributed by atoms with Gasteiger partial charge in [-0.05, 0) is 140 Å². The number of halogens is 2. The quantitative estimate of drug-likeness (QED) is 0.0576. The number of aliphatic hydroxyl groups excluding tert-OH is 1. The normalized spacial score (nSPS) is 19.8. The van der Waals surface area contributed by atoms with E-state index in [1.165, 1.54) is 21.8 Å². The molecule has 0 unspecified atom stereocenters. The number of hydrogen-bond acceptors (Lipinski definition) is 15. The van der Waals surface area contributed by atoms with E-state index in [2.05, 4.69) is 55.8 Å². The third-order valence-electron chi connectivity index (χ3n) is 14.7. The zero-order valence-electron chi connectivity index (χ0n) is 45.5. The van der Waals surface area contributed by atoms with Crippen molar-refractivity contribution in [2.75, 3.05) is 13.7 Å². The number of nitrogens with two attached hydrogens (primary N) is 1. The molecule has 0 spiro atoms. The molecule has 2 fully saturated rings. The highest BCUT2D eigenvalue weighted by atomic mass is 19.1. The van der Waals surface area contributed by atoms with Crippen molar-refractivity contribution in [1.29, 1.82) is 0 Å². The van der Waals surface area contributed by atoms with Gasteiger partial charge in [-0.3, -0.25) is 19.8 Å². The highest BCUT2D eigenvalue weighted by molar-refractivity contribution is 5.85. The van der Waals surface area contributed by atoms with Crippen molar-refractivity contribution in [2.24, 2.45) is 11.1 Å². The Morgan fingerprint density at radius 1 is 0.722 bits per heavy atom. The maximum absolute atomic E-state index is 13.4. The zero-order chi connectivity index (χ0) is 56.4. The summed E-state index contributed by atoms with van der Waals surface area (Å²) < 4.78 is 34.5. The van der Waals surface area contributed by atoms with Gasteiger partial charge in [-0.2, -0.15) is 20.4 Å². The number of nitrogens with one attached hydrogen (secondary N) is 3. The number of aliphatic hydroxyl groups is 1. The summed E-state index contributed by atoms with van der Waals surface area (Å²) in [5.74, 6) is 1.14. The van der Waals surface area contributed by atoms with Crippen molar-refractivity contribution in [3.05, 3.63) is 166 Å². The third kappa shape index (κ3) is 14.4. The largest absolute Gasteiger partial charge is 0.481 e. The van der Waals surface area contributed by atoms with Crippen LogP contribution in [0.1, 0.15) is 157 Å². The summed E-state index contributed by atoms with van der Waals surface area (Å²) in [6.45, 7) is 11.3. The van der Waals surface area contributed by atoms with Crippen LogP contribution in [-0.4, -0.2) is 111 Å². The summed E-state index contributed by atoms with van der Waals surface area (Å²) in [5, 5.41) is 44.2. The van der Waals surface area contributed by atoms with Gasteiger partial charge in [-0.25, -0.2) is 48.0 Å². The van der Waals surface area contributed by atoms with Crippen molar-refractivity contribution in [3.8, 4) is 11.6 Å². The lowest BCUT2D eigenvalue weighted by Gasteiger charge is -2.38. The number of rotatable bonds is 15. The van der Waals surface area contributed by atoms with Gasteiger partial charge in [0.25, 0.3) is 5.91 Å². The fourth-order valence-electron chi connectivity index (χ4n) is 10.0. The van der Waals surface area contributed by atoms with Crippen LogP contribution in [0.3, 0.4) is 0 Å². The number of H-pyrrole nitrogens is 2. The number of ether oxygens (including phenoxy) is 1. The van der Waals surface area contributed by atoms with Crippen molar-refractivity contribution in [1.82, 2.24) is 75.2 Å². The van der Waals surface area contributed by atoms with Crippen molar-refractivity contribution < 1.29 is 33.3 Å².